The normalized spacial score (nSPS) is 15.1. The zero-order chi connectivity index (χ0) is 23.6. The summed E-state index contributed by atoms with van der Waals surface area (Å²) >= 11 is 0. The summed E-state index contributed by atoms with van der Waals surface area (Å²) in [5.41, 5.74) is 6.65. The van der Waals surface area contributed by atoms with Crippen molar-refractivity contribution in [1.82, 2.24) is 14.1 Å². The molecule has 1 aliphatic heterocycles. The molecule has 1 fully saturated rings. The molecule has 4 rings (SSSR count). The van der Waals surface area contributed by atoms with Crippen LogP contribution in [0, 0.1) is 11.3 Å². The van der Waals surface area contributed by atoms with Crippen LogP contribution in [0.25, 0.3) is 5.69 Å². The predicted molar refractivity (Wildman–Crippen MR) is 123 cm³/mol. The first-order chi connectivity index (χ1) is 15.7. The second-order valence-electron chi connectivity index (χ2n) is 7.53. The standard InChI is InChI=1S/C21H22N6O4S2/c22-14-16-15-24-27(21(16)23)20-7-3-2-6-19(20)25-32(28,29)17-8-10-18(11-9-17)33(30,31)26-12-4-1-5-13-26/h2-3,6-11,15,25H,1,4-5,12-13,23H2. The maximum Gasteiger partial charge on any atom is 0.261 e. The summed E-state index contributed by atoms with van der Waals surface area (Å²) < 4.78 is 56.8. The highest BCUT2D eigenvalue weighted by molar-refractivity contribution is 7.92. The SMILES string of the molecule is N#Cc1cnn(-c2ccccc2NS(=O)(=O)c2ccc(S(=O)(=O)N3CCCCC3)cc2)c1N. The van der Waals surface area contributed by atoms with Crippen LogP contribution in [-0.2, 0) is 20.0 Å². The molecular formula is C21H22N6O4S2. The minimum absolute atomic E-state index is 0.0529. The molecule has 0 amide bonds. The zero-order valence-electron chi connectivity index (χ0n) is 17.5. The molecule has 0 unspecified atom stereocenters. The number of aromatic nitrogens is 2. The number of sulfonamides is 2. The summed E-state index contributed by atoms with van der Waals surface area (Å²) in [6, 6.07) is 13.5. The first kappa shape index (κ1) is 22.8. The van der Waals surface area contributed by atoms with Gasteiger partial charge in [-0.15, -0.1) is 0 Å². The van der Waals surface area contributed by atoms with E-state index in [1.165, 1.54) is 45.5 Å². The molecule has 1 aromatic heterocycles. The van der Waals surface area contributed by atoms with Crippen LogP contribution < -0.4 is 10.5 Å². The Labute approximate surface area is 192 Å². The van der Waals surface area contributed by atoms with Gasteiger partial charge in [0.25, 0.3) is 10.0 Å². The van der Waals surface area contributed by atoms with Crippen LogP contribution >= 0.6 is 0 Å². The van der Waals surface area contributed by atoms with Gasteiger partial charge in [0, 0.05) is 13.1 Å². The van der Waals surface area contributed by atoms with E-state index in [1.807, 2.05) is 6.07 Å². The Morgan fingerprint density at radius 1 is 0.939 bits per heavy atom. The molecule has 3 aromatic rings. The average Bonchev–Trinajstić information content (AvgIpc) is 3.20. The molecule has 0 atom stereocenters. The quantitative estimate of drug-likeness (QED) is 0.542. The first-order valence-corrected chi connectivity index (χ1v) is 13.1. The number of nitrogens with two attached hydrogens (primary N) is 1. The van der Waals surface area contributed by atoms with Crippen LogP contribution in [0.15, 0.2) is 64.5 Å². The van der Waals surface area contributed by atoms with Gasteiger partial charge in [0.1, 0.15) is 17.5 Å². The Morgan fingerprint density at radius 2 is 1.58 bits per heavy atom. The van der Waals surface area contributed by atoms with Gasteiger partial charge in [-0.1, -0.05) is 18.6 Å². The highest BCUT2D eigenvalue weighted by Crippen LogP contribution is 2.27. The molecule has 0 bridgehead atoms. The lowest BCUT2D eigenvalue weighted by Crippen LogP contribution is -2.35. The van der Waals surface area contributed by atoms with Gasteiger partial charge >= 0.3 is 0 Å². The van der Waals surface area contributed by atoms with Gasteiger partial charge in [-0.25, -0.2) is 21.5 Å². The van der Waals surface area contributed by atoms with E-state index in [0.717, 1.165) is 19.3 Å². The highest BCUT2D eigenvalue weighted by Gasteiger charge is 2.26. The molecular weight excluding hydrogens is 464 g/mol. The van der Waals surface area contributed by atoms with Crippen LogP contribution in [0.5, 0.6) is 0 Å². The van der Waals surface area contributed by atoms with Gasteiger partial charge in [-0.2, -0.15) is 14.7 Å². The van der Waals surface area contributed by atoms with Crippen molar-refractivity contribution in [3.63, 3.8) is 0 Å². The van der Waals surface area contributed by atoms with Crippen molar-refractivity contribution >= 4 is 31.6 Å². The third kappa shape index (κ3) is 4.43. The lowest BCUT2D eigenvalue weighted by atomic mass is 10.2. The summed E-state index contributed by atoms with van der Waals surface area (Å²) in [5, 5.41) is 13.2. The Bertz CT molecular complexity index is 1420. The van der Waals surface area contributed by atoms with E-state index >= 15 is 0 Å². The molecule has 172 valence electrons. The van der Waals surface area contributed by atoms with E-state index in [2.05, 4.69) is 9.82 Å². The second kappa shape index (κ2) is 8.86. The largest absolute Gasteiger partial charge is 0.382 e. The van der Waals surface area contributed by atoms with Crippen molar-refractivity contribution in [1.29, 1.82) is 5.26 Å². The van der Waals surface area contributed by atoms with Gasteiger partial charge in [0.2, 0.25) is 10.0 Å². The molecule has 0 radical (unpaired) electrons. The molecule has 0 saturated carbocycles. The molecule has 2 aromatic carbocycles. The van der Waals surface area contributed by atoms with Gasteiger partial charge in [0.05, 0.1) is 27.4 Å². The lowest BCUT2D eigenvalue weighted by Gasteiger charge is -2.25. The Hall–Kier alpha value is -3.40. The van der Waals surface area contributed by atoms with Crippen LogP contribution in [0.3, 0.4) is 0 Å². The summed E-state index contributed by atoms with van der Waals surface area (Å²) in [6.07, 6.45) is 3.91. The van der Waals surface area contributed by atoms with Crippen molar-refractivity contribution in [3.05, 3.63) is 60.3 Å². The van der Waals surface area contributed by atoms with E-state index in [9.17, 15) is 16.8 Å². The number of nitrogens with one attached hydrogen (secondary N) is 1. The van der Waals surface area contributed by atoms with E-state index in [4.69, 9.17) is 11.0 Å². The van der Waals surface area contributed by atoms with Crippen LogP contribution in [0.2, 0.25) is 0 Å². The summed E-state index contributed by atoms with van der Waals surface area (Å²) in [4.78, 5) is -0.0434. The molecule has 2 heterocycles. The number of nitrogens with zero attached hydrogens (tertiary/aromatic N) is 4. The molecule has 1 aliphatic rings. The number of benzene rings is 2. The molecule has 0 aliphatic carbocycles. The number of piperidine rings is 1. The average molecular weight is 487 g/mol. The summed E-state index contributed by atoms with van der Waals surface area (Å²) in [5.74, 6) is 0.0800. The summed E-state index contributed by atoms with van der Waals surface area (Å²) in [6.45, 7) is 0.926. The van der Waals surface area contributed by atoms with Crippen molar-refractivity contribution in [2.24, 2.45) is 0 Å². The maximum atomic E-state index is 13.0. The van der Waals surface area contributed by atoms with Gasteiger partial charge in [-0.3, -0.25) is 4.72 Å². The maximum absolute atomic E-state index is 13.0. The smallest absolute Gasteiger partial charge is 0.261 e. The van der Waals surface area contributed by atoms with Gasteiger partial charge in [0.15, 0.2) is 0 Å². The minimum Gasteiger partial charge on any atom is -0.382 e. The fourth-order valence-corrected chi connectivity index (χ4v) is 6.22. The lowest BCUT2D eigenvalue weighted by molar-refractivity contribution is 0.346. The monoisotopic (exact) mass is 486 g/mol. The Morgan fingerprint density at radius 3 is 2.21 bits per heavy atom. The fourth-order valence-electron chi connectivity index (χ4n) is 3.63. The third-order valence-corrected chi connectivity index (χ3v) is 8.68. The fraction of sp³-hybridized carbons (Fsp3) is 0.238. The Balaban J connectivity index is 1.62. The second-order valence-corrected chi connectivity index (χ2v) is 11.1. The van der Waals surface area contributed by atoms with Crippen molar-refractivity contribution < 1.29 is 16.8 Å². The molecule has 1 saturated heterocycles. The van der Waals surface area contributed by atoms with E-state index < -0.39 is 20.0 Å². The zero-order valence-corrected chi connectivity index (χ0v) is 19.2. The number of rotatable bonds is 6. The van der Waals surface area contributed by atoms with Gasteiger partial charge < -0.3 is 5.73 Å². The third-order valence-electron chi connectivity index (χ3n) is 5.39. The molecule has 12 heteroatoms. The molecule has 3 N–H and O–H groups in total. The van der Waals surface area contributed by atoms with Crippen molar-refractivity contribution in [3.8, 4) is 11.8 Å². The molecule has 10 nitrogen and oxygen atoms in total. The highest BCUT2D eigenvalue weighted by atomic mass is 32.2. The van der Waals surface area contributed by atoms with Crippen molar-refractivity contribution in [2.45, 2.75) is 29.1 Å². The number of hydrogen-bond acceptors (Lipinski definition) is 7. The van der Waals surface area contributed by atoms with E-state index in [1.54, 1.807) is 18.2 Å². The van der Waals surface area contributed by atoms with Gasteiger partial charge in [-0.05, 0) is 49.2 Å². The van der Waals surface area contributed by atoms with Crippen molar-refractivity contribution in [2.75, 3.05) is 23.5 Å². The minimum atomic E-state index is -4.05. The molecule has 0 spiro atoms. The van der Waals surface area contributed by atoms with E-state index in [-0.39, 0.29) is 26.9 Å². The van der Waals surface area contributed by atoms with Crippen LogP contribution in [0.1, 0.15) is 24.8 Å². The number of nitrogen functional groups attached to an aromatic ring is 1. The number of para-hydroxylation sites is 2. The predicted octanol–water partition coefficient (Wildman–Crippen LogP) is 2.30. The number of anilines is 2. The summed E-state index contributed by atoms with van der Waals surface area (Å²) in [7, 11) is -7.71. The first-order valence-electron chi connectivity index (χ1n) is 10.2. The van der Waals surface area contributed by atoms with Crippen LogP contribution in [0.4, 0.5) is 11.5 Å². The molecule has 33 heavy (non-hydrogen) atoms. The Kier molecular flexibility index (Phi) is 6.11. The topological polar surface area (TPSA) is 151 Å². The van der Waals surface area contributed by atoms with E-state index in [0.29, 0.717) is 18.8 Å². The number of nitriles is 1. The number of hydrogen-bond donors (Lipinski definition) is 2. The van der Waals surface area contributed by atoms with Crippen LogP contribution in [-0.4, -0.2) is 44.0 Å².